The average Bonchev–Trinajstić information content (AvgIpc) is 3.10. The van der Waals surface area contributed by atoms with Crippen LogP contribution in [0.1, 0.15) is 33.6 Å². The van der Waals surface area contributed by atoms with Crippen molar-refractivity contribution in [2.24, 2.45) is 11.8 Å². The van der Waals surface area contributed by atoms with Crippen molar-refractivity contribution in [2.45, 2.75) is 45.3 Å². The Balaban J connectivity index is 1.30. The first-order chi connectivity index (χ1) is 11.9. The molecule has 1 saturated carbocycles. The van der Waals surface area contributed by atoms with Crippen molar-refractivity contribution in [1.29, 1.82) is 0 Å². The number of carbonyl (C=O) groups excluding carboxylic acids is 1. The number of hydrogen-bond acceptors (Lipinski definition) is 5. The lowest BCUT2D eigenvalue weighted by atomic mass is 10.1. The standard InChI is InChI=1S/C19H27N3O3/c1-19(2,3)25-18(23)22-5-4-15(22)12-24-17-7-16(8-20-9-17)21-10-13-6-14(13)11-21/h7-9,13-15H,4-6,10-12H2,1-3H3. The average molecular weight is 345 g/mol. The summed E-state index contributed by atoms with van der Waals surface area (Å²) in [7, 11) is 0. The Kier molecular flexibility index (Phi) is 4.01. The second-order valence-electron chi connectivity index (χ2n) is 8.47. The number of nitrogens with zero attached hydrogens (tertiary/aromatic N) is 3. The summed E-state index contributed by atoms with van der Waals surface area (Å²) in [6.07, 6.45) is 5.74. The van der Waals surface area contributed by atoms with Gasteiger partial charge in [0, 0.05) is 25.7 Å². The predicted molar refractivity (Wildman–Crippen MR) is 94.9 cm³/mol. The van der Waals surface area contributed by atoms with Gasteiger partial charge in [0.05, 0.1) is 24.1 Å². The number of piperidine rings is 1. The van der Waals surface area contributed by atoms with E-state index in [1.807, 2.05) is 27.0 Å². The fourth-order valence-corrected chi connectivity index (χ4v) is 3.64. The molecule has 0 bridgehead atoms. The quantitative estimate of drug-likeness (QED) is 0.840. The van der Waals surface area contributed by atoms with Gasteiger partial charge in [0.15, 0.2) is 0 Å². The first kappa shape index (κ1) is 16.5. The highest BCUT2D eigenvalue weighted by Gasteiger charge is 2.45. The first-order valence-electron chi connectivity index (χ1n) is 9.21. The Morgan fingerprint density at radius 3 is 2.68 bits per heavy atom. The van der Waals surface area contributed by atoms with E-state index in [1.54, 1.807) is 11.1 Å². The van der Waals surface area contributed by atoms with Crippen LogP contribution in [-0.4, -0.2) is 53.9 Å². The van der Waals surface area contributed by atoms with Gasteiger partial charge in [0.1, 0.15) is 18.0 Å². The molecule has 1 aliphatic carbocycles. The molecule has 3 heterocycles. The van der Waals surface area contributed by atoms with Crippen molar-refractivity contribution < 1.29 is 14.3 Å². The Morgan fingerprint density at radius 2 is 2.04 bits per heavy atom. The molecule has 6 nitrogen and oxygen atoms in total. The van der Waals surface area contributed by atoms with Gasteiger partial charge in [-0.1, -0.05) is 0 Å². The number of hydrogen-bond donors (Lipinski definition) is 0. The number of ether oxygens (including phenoxy) is 2. The Labute approximate surface area is 149 Å². The van der Waals surface area contributed by atoms with Crippen LogP contribution in [0.3, 0.4) is 0 Å². The largest absolute Gasteiger partial charge is 0.490 e. The zero-order valence-electron chi connectivity index (χ0n) is 15.3. The lowest BCUT2D eigenvalue weighted by Crippen LogP contribution is -2.55. The third kappa shape index (κ3) is 3.67. The summed E-state index contributed by atoms with van der Waals surface area (Å²) in [5.74, 6) is 2.55. The molecule has 0 spiro atoms. The predicted octanol–water partition coefficient (Wildman–Crippen LogP) is 2.93. The van der Waals surface area contributed by atoms with Gasteiger partial charge in [0.25, 0.3) is 0 Å². The SMILES string of the molecule is CC(C)(C)OC(=O)N1CCC1COc1cncc(N2CC3CC3C2)c1. The van der Waals surface area contributed by atoms with E-state index in [9.17, 15) is 4.79 Å². The van der Waals surface area contributed by atoms with E-state index in [1.165, 1.54) is 6.42 Å². The van der Waals surface area contributed by atoms with Crippen LogP contribution in [0, 0.1) is 11.8 Å². The van der Waals surface area contributed by atoms with E-state index in [4.69, 9.17) is 9.47 Å². The summed E-state index contributed by atoms with van der Waals surface area (Å²) in [5, 5.41) is 0. The van der Waals surface area contributed by atoms with Gasteiger partial charge in [-0.05, 0) is 45.4 Å². The van der Waals surface area contributed by atoms with Crippen molar-refractivity contribution >= 4 is 11.8 Å². The molecule has 3 unspecified atom stereocenters. The lowest BCUT2D eigenvalue weighted by Gasteiger charge is -2.41. The van der Waals surface area contributed by atoms with Crippen molar-refractivity contribution in [3.05, 3.63) is 18.5 Å². The van der Waals surface area contributed by atoms with Crippen LogP contribution in [-0.2, 0) is 4.74 Å². The van der Waals surface area contributed by atoms with Gasteiger partial charge >= 0.3 is 6.09 Å². The molecule has 3 atom stereocenters. The monoisotopic (exact) mass is 345 g/mol. The van der Waals surface area contributed by atoms with Gasteiger partial charge in [-0.15, -0.1) is 0 Å². The highest BCUT2D eigenvalue weighted by atomic mass is 16.6. The van der Waals surface area contributed by atoms with Crippen molar-refractivity contribution in [3.8, 4) is 5.75 Å². The topological polar surface area (TPSA) is 54.9 Å². The van der Waals surface area contributed by atoms with Crippen LogP contribution >= 0.6 is 0 Å². The molecule has 25 heavy (non-hydrogen) atoms. The minimum absolute atomic E-state index is 0.0814. The molecule has 0 N–H and O–H groups in total. The minimum Gasteiger partial charge on any atom is -0.490 e. The smallest absolute Gasteiger partial charge is 0.410 e. The highest BCUT2D eigenvalue weighted by molar-refractivity contribution is 5.69. The Morgan fingerprint density at radius 1 is 1.28 bits per heavy atom. The zero-order valence-corrected chi connectivity index (χ0v) is 15.3. The molecule has 1 aromatic heterocycles. The third-order valence-electron chi connectivity index (χ3n) is 5.26. The number of carbonyl (C=O) groups is 1. The molecule has 2 saturated heterocycles. The number of aromatic nitrogens is 1. The second-order valence-corrected chi connectivity index (χ2v) is 8.47. The molecular formula is C19H27N3O3. The van der Waals surface area contributed by atoms with Gasteiger partial charge in [-0.25, -0.2) is 4.79 Å². The maximum Gasteiger partial charge on any atom is 0.410 e. The van der Waals surface area contributed by atoms with Crippen molar-refractivity contribution in [3.63, 3.8) is 0 Å². The number of likely N-dealkylation sites (tertiary alicyclic amines) is 1. The second kappa shape index (κ2) is 6.07. The molecule has 6 heteroatoms. The Bertz CT molecular complexity index is 648. The van der Waals surface area contributed by atoms with Crippen LogP contribution in [0.25, 0.3) is 0 Å². The fraction of sp³-hybridized carbons (Fsp3) is 0.684. The van der Waals surface area contributed by atoms with Crippen molar-refractivity contribution in [1.82, 2.24) is 9.88 Å². The van der Waals surface area contributed by atoms with Gasteiger partial charge < -0.3 is 19.3 Å². The summed E-state index contributed by atoms with van der Waals surface area (Å²) in [4.78, 5) is 20.6. The van der Waals surface area contributed by atoms with E-state index in [0.29, 0.717) is 6.61 Å². The normalized spacial score (nSPS) is 27.6. The highest BCUT2D eigenvalue weighted by Crippen LogP contribution is 2.46. The molecule has 136 valence electrons. The maximum atomic E-state index is 12.2. The molecule has 1 aromatic rings. The van der Waals surface area contributed by atoms with Crippen molar-refractivity contribution in [2.75, 3.05) is 31.1 Å². The van der Waals surface area contributed by atoms with E-state index in [-0.39, 0.29) is 12.1 Å². The summed E-state index contributed by atoms with van der Waals surface area (Å²) in [6, 6.07) is 2.15. The zero-order chi connectivity index (χ0) is 17.6. The third-order valence-corrected chi connectivity index (χ3v) is 5.26. The molecule has 4 rings (SSSR count). The Hall–Kier alpha value is -1.98. The molecule has 3 aliphatic rings. The van der Waals surface area contributed by atoms with Crippen LogP contribution < -0.4 is 9.64 Å². The van der Waals surface area contributed by atoms with Crippen LogP contribution in [0.15, 0.2) is 18.5 Å². The number of fused-ring (bicyclic) bond motifs is 1. The van der Waals surface area contributed by atoms with E-state index < -0.39 is 5.60 Å². The molecule has 3 fully saturated rings. The number of pyridine rings is 1. The first-order valence-corrected chi connectivity index (χ1v) is 9.21. The fourth-order valence-electron chi connectivity index (χ4n) is 3.64. The summed E-state index contributed by atoms with van der Waals surface area (Å²) < 4.78 is 11.4. The molecule has 0 aromatic carbocycles. The number of anilines is 1. The van der Waals surface area contributed by atoms with E-state index in [2.05, 4.69) is 16.0 Å². The maximum absolute atomic E-state index is 12.2. The van der Waals surface area contributed by atoms with Crippen LogP contribution in [0.2, 0.25) is 0 Å². The van der Waals surface area contributed by atoms with E-state index >= 15 is 0 Å². The summed E-state index contributed by atoms with van der Waals surface area (Å²) in [5.41, 5.74) is 0.676. The number of amides is 1. The van der Waals surface area contributed by atoms with Crippen LogP contribution in [0.5, 0.6) is 5.75 Å². The molecule has 2 aliphatic heterocycles. The lowest BCUT2D eigenvalue weighted by molar-refractivity contribution is -0.0141. The van der Waals surface area contributed by atoms with E-state index in [0.717, 1.165) is 49.3 Å². The minimum atomic E-state index is -0.466. The van der Waals surface area contributed by atoms with Gasteiger partial charge in [-0.2, -0.15) is 0 Å². The van der Waals surface area contributed by atoms with Gasteiger partial charge in [0.2, 0.25) is 0 Å². The van der Waals surface area contributed by atoms with Crippen LogP contribution in [0.4, 0.5) is 10.5 Å². The molecular weight excluding hydrogens is 318 g/mol. The summed E-state index contributed by atoms with van der Waals surface area (Å²) >= 11 is 0. The van der Waals surface area contributed by atoms with Gasteiger partial charge in [-0.3, -0.25) is 4.98 Å². The summed E-state index contributed by atoms with van der Waals surface area (Å²) in [6.45, 7) is 9.16. The molecule has 1 amide bonds. The molecule has 0 radical (unpaired) electrons. The number of rotatable bonds is 4.